The normalized spacial score (nSPS) is 11.3. The molecule has 2 heterocycles. The van der Waals surface area contributed by atoms with E-state index in [1.165, 1.54) is 27.7 Å². The Hall–Kier alpha value is -2.07. The molecular weight excluding hydrogens is 236 g/mol. The van der Waals surface area contributed by atoms with E-state index >= 15 is 0 Å². The summed E-state index contributed by atoms with van der Waals surface area (Å²) in [5, 5.41) is 8.48. The number of aromatic amines is 2. The second-order valence-corrected chi connectivity index (χ2v) is 4.86. The largest absolute Gasteiger partial charge is 0.358 e. The van der Waals surface area contributed by atoms with Gasteiger partial charge in [-0.05, 0) is 30.7 Å². The minimum absolute atomic E-state index is 0.641. The minimum Gasteiger partial charge on any atom is -0.358 e. The van der Waals surface area contributed by atoms with Crippen LogP contribution in [0.5, 0.6) is 0 Å². The standard InChI is InChI=1S/C15H18N4/c1-10-13(12-4-2-3-5-15(12)18-10)8-11-9-17-19-14(11)6-7-16/h2-5,9,18H,6-8,16H2,1H3,(H,17,19). The van der Waals surface area contributed by atoms with Crippen molar-refractivity contribution < 1.29 is 0 Å². The molecule has 0 atom stereocenters. The molecule has 0 spiro atoms. The number of para-hydroxylation sites is 1. The Bertz CT molecular complexity index is 693. The number of hydrogen-bond donors (Lipinski definition) is 3. The average Bonchev–Trinajstić information content (AvgIpc) is 2.97. The third kappa shape index (κ3) is 2.15. The first kappa shape index (κ1) is 12.0. The molecule has 0 amide bonds. The van der Waals surface area contributed by atoms with Crippen LogP contribution < -0.4 is 5.73 Å². The number of nitrogens with one attached hydrogen (secondary N) is 2. The highest BCUT2D eigenvalue weighted by Gasteiger charge is 2.11. The van der Waals surface area contributed by atoms with Crippen LogP contribution in [0.1, 0.15) is 22.5 Å². The predicted molar refractivity (Wildman–Crippen MR) is 77.2 cm³/mol. The van der Waals surface area contributed by atoms with E-state index in [0.29, 0.717) is 6.54 Å². The molecule has 4 nitrogen and oxygen atoms in total. The maximum absolute atomic E-state index is 5.63. The number of hydrogen-bond acceptors (Lipinski definition) is 2. The highest BCUT2D eigenvalue weighted by molar-refractivity contribution is 5.84. The summed E-state index contributed by atoms with van der Waals surface area (Å²) in [5.74, 6) is 0. The molecule has 0 unspecified atom stereocenters. The lowest BCUT2D eigenvalue weighted by Crippen LogP contribution is -2.05. The molecular formula is C15H18N4. The molecule has 0 saturated carbocycles. The lowest BCUT2D eigenvalue weighted by Gasteiger charge is -2.03. The Kier molecular flexibility index (Phi) is 3.09. The zero-order valence-electron chi connectivity index (χ0n) is 11.0. The van der Waals surface area contributed by atoms with Crippen LogP contribution >= 0.6 is 0 Å². The van der Waals surface area contributed by atoms with E-state index in [-0.39, 0.29) is 0 Å². The fourth-order valence-electron chi connectivity index (χ4n) is 2.60. The van der Waals surface area contributed by atoms with E-state index in [9.17, 15) is 0 Å². The summed E-state index contributed by atoms with van der Waals surface area (Å²) in [6.45, 7) is 2.76. The molecule has 0 fully saturated rings. The Morgan fingerprint density at radius 1 is 1.26 bits per heavy atom. The summed E-state index contributed by atoms with van der Waals surface area (Å²) < 4.78 is 0. The first-order valence-electron chi connectivity index (χ1n) is 6.57. The van der Waals surface area contributed by atoms with Crippen LogP contribution in [0.2, 0.25) is 0 Å². The molecule has 2 aromatic heterocycles. The van der Waals surface area contributed by atoms with Crippen molar-refractivity contribution in [1.82, 2.24) is 15.2 Å². The van der Waals surface area contributed by atoms with Gasteiger partial charge in [-0.25, -0.2) is 0 Å². The van der Waals surface area contributed by atoms with Crippen molar-refractivity contribution >= 4 is 10.9 Å². The summed E-state index contributed by atoms with van der Waals surface area (Å²) in [6.07, 6.45) is 3.64. The molecule has 0 aliphatic heterocycles. The maximum Gasteiger partial charge on any atom is 0.0525 e. The highest BCUT2D eigenvalue weighted by Crippen LogP contribution is 2.25. The minimum atomic E-state index is 0.641. The van der Waals surface area contributed by atoms with E-state index in [2.05, 4.69) is 46.4 Å². The molecule has 4 N–H and O–H groups in total. The fraction of sp³-hybridized carbons (Fsp3) is 0.267. The fourth-order valence-corrected chi connectivity index (χ4v) is 2.60. The van der Waals surface area contributed by atoms with E-state index in [4.69, 9.17) is 5.73 Å². The summed E-state index contributed by atoms with van der Waals surface area (Å²) in [7, 11) is 0. The Labute approximate surface area is 112 Å². The second-order valence-electron chi connectivity index (χ2n) is 4.86. The van der Waals surface area contributed by atoms with Gasteiger partial charge in [-0.2, -0.15) is 5.10 Å². The van der Waals surface area contributed by atoms with Crippen LogP contribution in [-0.4, -0.2) is 21.7 Å². The lowest BCUT2D eigenvalue weighted by molar-refractivity contribution is 0.889. The van der Waals surface area contributed by atoms with Crippen molar-refractivity contribution in [2.75, 3.05) is 6.54 Å². The summed E-state index contributed by atoms with van der Waals surface area (Å²) in [4.78, 5) is 3.44. The van der Waals surface area contributed by atoms with E-state index in [1.54, 1.807) is 0 Å². The number of H-pyrrole nitrogens is 2. The summed E-state index contributed by atoms with van der Waals surface area (Å²) in [5.41, 5.74) is 11.8. The van der Waals surface area contributed by atoms with Crippen LogP contribution in [0.3, 0.4) is 0 Å². The van der Waals surface area contributed by atoms with Gasteiger partial charge in [0.1, 0.15) is 0 Å². The zero-order valence-corrected chi connectivity index (χ0v) is 11.0. The molecule has 0 saturated heterocycles. The third-order valence-electron chi connectivity index (χ3n) is 3.60. The number of rotatable bonds is 4. The van der Waals surface area contributed by atoms with Gasteiger partial charge < -0.3 is 10.7 Å². The van der Waals surface area contributed by atoms with E-state index < -0.39 is 0 Å². The Balaban J connectivity index is 2.01. The van der Waals surface area contributed by atoms with Crippen LogP contribution in [0.15, 0.2) is 30.5 Å². The van der Waals surface area contributed by atoms with Gasteiger partial charge in [0.2, 0.25) is 0 Å². The highest BCUT2D eigenvalue weighted by atomic mass is 15.1. The molecule has 3 rings (SSSR count). The topological polar surface area (TPSA) is 70.5 Å². The molecule has 19 heavy (non-hydrogen) atoms. The maximum atomic E-state index is 5.63. The van der Waals surface area contributed by atoms with Gasteiger partial charge in [-0.3, -0.25) is 5.10 Å². The molecule has 0 radical (unpaired) electrons. The zero-order chi connectivity index (χ0) is 13.2. The number of fused-ring (bicyclic) bond motifs is 1. The summed E-state index contributed by atoms with van der Waals surface area (Å²) >= 11 is 0. The van der Waals surface area contributed by atoms with Crippen molar-refractivity contribution in [3.8, 4) is 0 Å². The second kappa shape index (κ2) is 4.90. The molecule has 0 aliphatic carbocycles. The molecule has 0 aliphatic rings. The number of nitrogens with zero attached hydrogens (tertiary/aromatic N) is 1. The van der Waals surface area contributed by atoms with Crippen LogP contribution in [0.25, 0.3) is 10.9 Å². The first-order chi connectivity index (χ1) is 9.29. The van der Waals surface area contributed by atoms with Crippen molar-refractivity contribution in [2.24, 2.45) is 5.73 Å². The molecule has 0 bridgehead atoms. The molecule has 3 aromatic rings. The van der Waals surface area contributed by atoms with Crippen LogP contribution in [0, 0.1) is 6.92 Å². The van der Waals surface area contributed by atoms with E-state index in [1.807, 2.05) is 6.20 Å². The van der Waals surface area contributed by atoms with Gasteiger partial charge in [-0.15, -0.1) is 0 Å². The van der Waals surface area contributed by atoms with Gasteiger partial charge in [0.25, 0.3) is 0 Å². The quantitative estimate of drug-likeness (QED) is 0.668. The van der Waals surface area contributed by atoms with Crippen LogP contribution in [0.4, 0.5) is 0 Å². The number of aryl methyl sites for hydroxylation is 1. The molecule has 4 heteroatoms. The van der Waals surface area contributed by atoms with Crippen molar-refractivity contribution in [2.45, 2.75) is 19.8 Å². The third-order valence-corrected chi connectivity index (χ3v) is 3.60. The Morgan fingerprint density at radius 3 is 2.95 bits per heavy atom. The summed E-state index contributed by atoms with van der Waals surface area (Å²) in [6, 6.07) is 8.41. The van der Waals surface area contributed by atoms with Gasteiger partial charge in [-0.1, -0.05) is 18.2 Å². The molecule has 1 aromatic carbocycles. The predicted octanol–water partition coefficient (Wildman–Crippen LogP) is 2.29. The number of nitrogens with two attached hydrogens (primary N) is 1. The Morgan fingerprint density at radius 2 is 2.11 bits per heavy atom. The van der Waals surface area contributed by atoms with Crippen molar-refractivity contribution in [3.05, 3.63) is 53.0 Å². The SMILES string of the molecule is Cc1[nH]c2ccccc2c1Cc1cn[nH]c1CCN. The molecule has 98 valence electrons. The van der Waals surface area contributed by atoms with Crippen molar-refractivity contribution in [3.63, 3.8) is 0 Å². The average molecular weight is 254 g/mol. The van der Waals surface area contributed by atoms with Gasteiger partial charge in [0.05, 0.1) is 6.20 Å². The lowest BCUT2D eigenvalue weighted by atomic mass is 10.0. The van der Waals surface area contributed by atoms with Gasteiger partial charge in [0.15, 0.2) is 0 Å². The van der Waals surface area contributed by atoms with Gasteiger partial charge in [0, 0.05) is 35.1 Å². The number of aromatic nitrogens is 3. The van der Waals surface area contributed by atoms with Gasteiger partial charge >= 0.3 is 0 Å². The van der Waals surface area contributed by atoms with E-state index in [0.717, 1.165) is 18.5 Å². The van der Waals surface area contributed by atoms with Crippen LogP contribution in [-0.2, 0) is 12.8 Å². The first-order valence-corrected chi connectivity index (χ1v) is 6.57. The van der Waals surface area contributed by atoms with Crippen molar-refractivity contribution in [1.29, 1.82) is 0 Å². The smallest absolute Gasteiger partial charge is 0.0525 e. The number of benzene rings is 1. The monoisotopic (exact) mass is 254 g/mol.